The predicted octanol–water partition coefficient (Wildman–Crippen LogP) is -0.312. The van der Waals surface area contributed by atoms with Crippen LogP contribution in [0.5, 0.6) is 0 Å². The van der Waals surface area contributed by atoms with E-state index in [0.717, 1.165) is 0 Å². The van der Waals surface area contributed by atoms with Gasteiger partial charge in [-0.3, -0.25) is 14.6 Å². The smallest absolute Gasteiger partial charge is 0.260 e. The fraction of sp³-hybridized carbons (Fsp3) is 0.250. The number of fused-ring (bicyclic) bond motifs is 1. The van der Waals surface area contributed by atoms with Gasteiger partial charge in [0.15, 0.2) is 0 Å². The molecule has 2 aromatic rings. The van der Waals surface area contributed by atoms with Crippen molar-refractivity contribution >= 4 is 28.4 Å². The minimum absolute atomic E-state index is 0.111. The van der Waals surface area contributed by atoms with Crippen LogP contribution in [-0.2, 0) is 4.79 Å². The van der Waals surface area contributed by atoms with Gasteiger partial charge in [0.05, 0.1) is 17.4 Å². The summed E-state index contributed by atoms with van der Waals surface area (Å²) < 4.78 is 0. The lowest BCUT2D eigenvalue weighted by molar-refractivity contribution is -0.119. The van der Waals surface area contributed by atoms with Crippen LogP contribution in [0.1, 0.15) is 0 Å². The zero-order chi connectivity index (χ0) is 14.0. The molecule has 1 aromatic carbocycles. The summed E-state index contributed by atoms with van der Waals surface area (Å²) in [5, 5.41) is 2.94. The summed E-state index contributed by atoms with van der Waals surface area (Å²) in [7, 11) is 3.23. The monoisotopic (exact) mass is 261 g/mol. The normalized spacial score (nSPS) is 10.4. The number of hydrogen-bond donors (Lipinski definition) is 3. The first-order valence-electron chi connectivity index (χ1n) is 5.72. The molecule has 100 valence electrons. The van der Waals surface area contributed by atoms with Crippen molar-refractivity contribution in [2.75, 3.05) is 31.3 Å². The van der Waals surface area contributed by atoms with Gasteiger partial charge in [-0.05, 0) is 18.2 Å². The lowest BCUT2D eigenvalue weighted by Crippen LogP contribution is -2.34. The van der Waals surface area contributed by atoms with Crippen molar-refractivity contribution in [1.82, 2.24) is 15.3 Å². The molecule has 7 nitrogen and oxygen atoms in total. The van der Waals surface area contributed by atoms with Gasteiger partial charge < -0.3 is 16.0 Å². The SMILES string of the molecule is CNC(=O)CN(C)c1nc2ccc(N)cc2c(=O)[nH]1. The summed E-state index contributed by atoms with van der Waals surface area (Å²) in [4.78, 5) is 31.7. The number of H-pyrrole nitrogens is 1. The molecule has 0 bridgehead atoms. The molecule has 0 atom stereocenters. The van der Waals surface area contributed by atoms with Crippen molar-refractivity contribution in [3.8, 4) is 0 Å². The van der Waals surface area contributed by atoms with Crippen molar-refractivity contribution in [3.05, 3.63) is 28.6 Å². The number of carbonyl (C=O) groups is 1. The topological polar surface area (TPSA) is 104 Å². The van der Waals surface area contributed by atoms with Gasteiger partial charge in [0.2, 0.25) is 11.9 Å². The van der Waals surface area contributed by atoms with Crippen LogP contribution in [0, 0.1) is 0 Å². The third-order valence-electron chi connectivity index (χ3n) is 2.74. The maximum atomic E-state index is 11.9. The van der Waals surface area contributed by atoms with Gasteiger partial charge in [0.1, 0.15) is 0 Å². The average Bonchev–Trinajstić information content (AvgIpc) is 2.39. The Morgan fingerprint density at radius 3 is 2.95 bits per heavy atom. The first-order chi connectivity index (χ1) is 9.01. The summed E-state index contributed by atoms with van der Waals surface area (Å²) in [6.07, 6.45) is 0. The number of anilines is 2. The Labute approximate surface area is 109 Å². The summed E-state index contributed by atoms with van der Waals surface area (Å²) in [5.41, 5.74) is 6.39. The number of benzene rings is 1. The van der Waals surface area contributed by atoms with Crippen LogP contribution in [0.2, 0.25) is 0 Å². The van der Waals surface area contributed by atoms with E-state index in [4.69, 9.17) is 5.73 Å². The first kappa shape index (κ1) is 12.9. The van der Waals surface area contributed by atoms with E-state index in [0.29, 0.717) is 22.5 Å². The molecule has 0 spiro atoms. The van der Waals surface area contributed by atoms with Gasteiger partial charge in [-0.1, -0.05) is 0 Å². The fourth-order valence-corrected chi connectivity index (χ4v) is 1.69. The number of nitrogens with one attached hydrogen (secondary N) is 2. The Morgan fingerprint density at radius 2 is 2.26 bits per heavy atom. The summed E-state index contributed by atoms with van der Waals surface area (Å²) in [6, 6.07) is 4.93. The van der Waals surface area contributed by atoms with Crippen molar-refractivity contribution in [3.63, 3.8) is 0 Å². The van der Waals surface area contributed by atoms with Gasteiger partial charge in [-0.15, -0.1) is 0 Å². The van der Waals surface area contributed by atoms with Crippen LogP contribution >= 0.6 is 0 Å². The highest BCUT2D eigenvalue weighted by Crippen LogP contribution is 2.13. The Hall–Kier alpha value is -2.57. The van der Waals surface area contributed by atoms with Crippen LogP contribution < -0.4 is 21.5 Å². The van der Waals surface area contributed by atoms with Crippen molar-refractivity contribution < 1.29 is 4.79 Å². The maximum Gasteiger partial charge on any atom is 0.260 e. The highest BCUT2D eigenvalue weighted by molar-refractivity contribution is 5.83. The Morgan fingerprint density at radius 1 is 1.53 bits per heavy atom. The first-order valence-corrected chi connectivity index (χ1v) is 5.72. The van der Waals surface area contributed by atoms with E-state index in [1.54, 1.807) is 37.2 Å². The van der Waals surface area contributed by atoms with E-state index < -0.39 is 0 Å². The van der Waals surface area contributed by atoms with Crippen molar-refractivity contribution in [2.45, 2.75) is 0 Å². The van der Waals surface area contributed by atoms with Gasteiger partial charge in [0, 0.05) is 19.8 Å². The van der Waals surface area contributed by atoms with E-state index in [1.165, 1.54) is 0 Å². The van der Waals surface area contributed by atoms with Crippen LogP contribution in [0.15, 0.2) is 23.0 Å². The van der Waals surface area contributed by atoms with E-state index in [9.17, 15) is 9.59 Å². The van der Waals surface area contributed by atoms with Crippen LogP contribution in [-0.4, -0.2) is 36.5 Å². The average molecular weight is 261 g/mol. The van der Waals surface area contributed by atoms with Crippen LogP contribution in [0.25, 0.3) is 10.9 Å². The molecule has 1 heterocycles. The van der Waals surface area contributed by atoms with E-state index in [1.807, 2.05) is 0 Å². The number of nitrogen functional groups attached to an aromatic ring is 1. The number of rotatable bonds is 3. The number of likely N-dealkylation sites (N-methyl/N-ethyl adjacent to an activating group) is 2. The predicted molar refractivity (Wildman–Crippen MR) is 74.1 cm³/mol. The lowest BCUT2D eigenvalue weighted by Gasteiger charge is -2.16. The molecule has 4 N–H and O–H groups in total. The standard InChI is InChI=1S/C12H15N5O2/c1-14-10(18)6-17(2)12-15-9-4-3-7(13)5-8(9)11(19)16-12/h3-5H,6,13H2,1-2H3,(H,14,18)(H,15,16,19). The van der Waals surface area contributed by atoms with E-state index >= 15 is 0 Å². The number of aromatic amines is 1. The molecule has 0 saturated heterocycles. The molecule has 7 heteroatoms. The Balaban J connectivity index is 2.43. The lowest BCUT2D eigenvalue weighted by atomic mass is 10.2. The second kappa shape index (κ2) is 4.97. The number of carbonyl (C=O) groups excluding carboxylic acids is 1. The molecule has 19 heavy (non-hydrogen) atoms. The molecule has 0 aliphatic heterocycles. The van der Waals surface area contributed by atoms with Crippen molar-refractivity contribution in [1.29, 1.82) is 0 Å². The molecular weight excluding hydrogens is 246 g/mol. The molecule has 0 saturated carbocycles. The quantitative estimate of drug-likeness (QED) is 0.657. The minimum atomic E-state index is -0.281. The highest BCUT2D eigenvalue weighted by Gasteiger charge is 2.10. The third-order valence-corrected chi connectivity index (χ3v) is 2.74. The molecule has 2 rings (SSSR count). The van der Waals surface area contributed by atoms with Gasteiger partial charge in [-0.2, -0.15) is 0 Å². The molecule has 0 aliphatic rings. The zero-order valence-electron chi connectivity index (χ0n) is 10.7. The maximum absolute atomic E-state index is 11.9. The van der Waals surface area contributed by atoms with Crippen LogP contribution in [0.4, 0.5) is 11.6 Å². The molecule has 0 fully saturated rings. The molecular formula is C12H15N5O2. The fourth-order valence-electron chi connectivity index (χ4n) is 1.69. The zero-order valence-corrected chi connectivity index (χ0v) is 10.7. The molecule has 1 amide bonds. The third kappa shape index (κ3) is 2.65. The number of nitrogens with two attached hydrogens (primary N) is 1. The molecule has 1 aromatic heterocycles. The number of aromatic nitrogens is 2. The molecule has 0 unspecified atom stereocenters. The van der Waals surface area contributed by atoms with Crippen molar-refractivity contribution in [2.24, 2.45) is 0 Å². The Bertz CT molecular complexity index is 679. The van der Waals surface area contributed by atoms with Gasteiger partial charge >= 0.3 is 0 Å². The molecule has 0 radical (unpaired) electrons. The van der Waals surface area contributed by atoms with Crippen LogP contribution in [0.3, 0.4) is 0 Å². The van der Waals surface area contributed by atoms with Gasteiger partial charge in [0.25, 0.3) is 5.56 Å². The number of nitrogens with zero attached hydrogens (tertiary/aromatic N) is 2. The second-order valence-electron chi connectivity index (χ2n) is 4.20. The number of amides is 1. The largest absolute Gasteiger partial charge is 0.399 e. The second-order valence-corrected chi connectivity index (χ2v) is 4.20. The van der Waals surface area contributed by atoms with E-state index in [-0.39, 0.29) is 18.0 Å². The summed E-state index contributed by atoms with van der Waals surface area (Å²) in [6.45, 7) is 0.111. The number of hydrogen-bond acceptors (Lipinski definition) is 5. The molecule has 0 aliphatic carbocycles. The van der Waals surface area contributed by atoms with Gasteiger partial charge in [-0.25, -0.2) is 4.98 Å². The Kier molecular flexibility index (Phi) is 3.37. The minimum Gasteiger partial charge on any atom is -0.399 e. The highest BCUT2D eigenvalue weighted by atomic mass is 16.2. The summed E-state index contributed by atoms with van der Waals surface area (Å²) in [5.74, 6) is 0.174. The summed E-state index contributed by atoms with van der Waals surface area (Å²) >= 11 is 0. The van der Waals surface area contributed by atoms with E-state index in [2.05, 4.69) is 15.3 Å².